The molecule has 0 aromatic carbocycles. The molecule has 31 heavy (non-hydrogen) atoms. The highest BCUT2D eigenvalue weighted by molar-refractivity contribution is 4.92. The van der Waals surface area contributed by atoms with Crippen molar-refractivity contribution in [1.29, 1.82) is 0 Å². The van der Waals surface area contributed by atoms with Gasteiger partial charge in [0.1, 0.15) is 12.4 Å². The van der Waals surface area contributed by atoms with Crippen molar-refractivity contribution in [3.8, 4) is 0 Å². The Kier molecular flexibility index (Phi) is 17.1. The number of aryl methyl sites for hydroxylation is 1. The molecule has 0 bridgehead atoms. The third-order valence-electron chi connectivity index (χ3n) is 6.94. The maximum absolute atomic E-state index is 2.56. The van der Waals surface area contributed by atoms with Gasteiger partial charge < -0.3 is 0 Å². The van der Waals surface area contributed by atoms with E-state index in [0.717, 1.165) is 0 Å². The van der Waals surface area contributed by atoms with Crippen molar-refractivity contribution in [1.82, 2.24) is 4.57 Å². The van der Waals surface area contributed by atoms with Gasteiger partial charge in [0.25, 0.3) is 5.82 Å². The van der Waals surface area contributed by atoms with Gasteiger partial charge in [0.2, 0.25) is 0 Å². The lowest BCUT2D eigenvalue weighted by atomic mass is 10.0. The van der Waals surface area contributed by atoms with Gasteiger partial charge in [-0.1, -0.05) is 118 Å². The van der Waals surface area contributed by atoms with Crippen LogP contribution in [0.2, 0.25) is 0 Å². The second-order valence-electron chi connectivity index (χ2n) is 10.4. The van der Waals surface area contributed by atoms with Crippen molar-refractivity contribution >= 4 is 0 Å². The summed E-state index contributed by atoms with van der Waals surface area (Å²) in [5, 5.41) is 0. The third-order valence-corrected chi connectivity index (χ3v) is 6.94. The van der Waals surface area contributed by atoms with Gasteiger partial charge in [0, 0.05) is 0 Å². The first kappa shape index (κ1) is 28.2. The zero-order chi connectivity index (χ0) is 22.7. The van der Waals surface area contributed by atoms with Crippen LogP contribution in [0.4, 0.5) is 0 Å². The second-order valence-corrected chi connectivity index (χ2v) is 10.4. The van der Waals surface area contributed by atoms with Crippen molar-refractivity contribution in [2.75, 3.05) is 0 Å². The Morgan fingerprint density at radius 2 is 1.10 bits per heavy atom. The molecule has 2 nitrogen and oxygen atoms in total. The van der Waals surface area contributed by atoms with Gasteiger partial charge in [-0.05, 0) is 32.6 Å². The first-order chi connectivity index (χ1) is 15.1. The fraction of sp³-hybridized carbons (Fsp3) is 0.897. The number of imidazole rings is 1. The Morgan fingerprint density at radius 3 is 1.58 bits per heavy atom. The highest BCUT2D eigenvalue weighted by Crippen LogP contribution is 2.21. The molecule has 0 saturated heterocycles. The van der Waals surface area contributed by atoms with Crippen molar-refractivity contribution in [3.05, 3.63) is 18.2 Å². The van der Waals surface area contributed by atoms with Crippen LogP contribution in [0.25, 0.3) is 0 Å². The van der Waals surface area contributed by atoms with Gasteiger partial charge in [0.05, 0.1) is 18.5 Å². The van der Waals surface area contributed by atoms with Crippen LogP contribution in [0.1, 0.15) is 168 Å². The van der Waals surface area contributed by atoms with Crippen LogP contribution in [0, 0.1) is 0 Å². The Bertz CT molecular complexity index is 517. The topological polar surface area (TPSA) is 8.81 Å². The van der Waals surface area contributed by atoms with E-state index in [9.17, 15) is 0 Å². The molecule has 0 amide bonds. The van der Waals surface area contributed by atoms with E-state index in [2.05, 4.69) is 56.1 Å². The van der Waals surface area contributed by atoms with Crippen LogP contribution in [0.15, 0.2) is 12.4 Å². The summed E-state index contributed by atoms with van der Waals surface area (Å²) in [5.74, 6) is 2.12. The van der Waals surface area contributed by atoms with E-state index in [-0.39, 0.29) is 0 Å². The monoisotopic (exact) mass is 433 g/mol. The van der Waals surface area contributed by atoms with Gasteiger partial charge in [0.15, 0.2) is 0 Å². The predicted octanol–water partition coefficient (Wildman–Crippen LogP) is 9.52. The number of nitrogens with zero attached hydrogens (tertiary/aromatic N) is 2. The Morgan fingerprint density at radius 1 is 0.645 bits per heavy atom. The molecule has 0 spiro atoms. The molecule has 0 fully saturated rings. The minimum Gasteiger partial charge on any atom is -0.234 e. The summed E-state index contributed by atoms with van der Waals surface area (Å²) >= 11 is 0. The smallest absolute Gasteiger partial charge is 0.234 e. The lowest BCUT2D eigenvalue weighted by Gasteiger charge is -2.13. The molecular formula is C29H57N2+. The lowest BCUT2D eigenvalue weighted by molar-refractivity contribution is -0.705. The second kappa shape index (κ2) is 18.8. The van der Waals surface area contributed by atoms with E-state index in [1.165, 1.54) is 128 Å². The average molecular weight is 434 g/mol. The largest absolute Gasteiger partial charge is 0.259 e. The fourth-order valence-electron chi connectivity index (χ4n) is 4.95. The van der Waals surface area contributed by atoms with Crippen LogP contribution < -0.4 is 4.57 Å². The molecule has 2 heteroatoms. The molecule has 0 N–H and O–H groups in total. The SMILES string of the molecule is CCCCCCCCCCCCCCCC[n+]1ccn(C(C)CCCCC)c1C(C)C. The van der Waals surface area contributed by atoms with E-state index >= 15 is 0 Å². The molecule has 1 atom stereocenters. The normalized spacial score (nSPS) is 12.7. The number of aromatic nitrogens is 2. The highest BCUT2D eigenvalue weighted by atomic mass is 15.2. The quantitative estimate of drug-likeness (QED) is 0.135. The standard InChI is InChI=1S/C29H57N2/c1-6-8-10-11-12-13-14-15-16-17-18-19-20-22-24-30-25-26-31(29(30)27(3)4)28(5)23-21-9-7-2/h25-28H,6-24H2,1-5H3/q+1. The van der Waals surface area contributed by atoms with Crippen LogP contribution in [0.5, 0.6) is 0 Å². The molecule has 1 aromatic heterocycles. The number of hydrogen-bond donors (Lipinski definition) is 0. The molecule has 0 aliphatic heterocycles. The Labute approximate surface area is 196 Å². The average Bonchev–Trinajstić information content (AvgIpc) is 3.18. The van der Waals surface area contributed by atoms with Crippen molar-refractivity contribution < 1.29 is 4.57 Å². The van der Waals surface area contributed by atoms with Gasteiger partial charge in [-0.25, -0.2) is 9.13 Å². The van der Waals surface area contributed by atoms with Crippen molar-refractivity contribution in [3.63, 3.8) is 0 Å². The van der Waals surface area contributed by atoms with E-state index in [4.69, 9.17) is 0 Å². The predicted molar refractivity (Wildman–Crippen MR) is 138 cm³/mol. The number of rotatable bonds is 21. The van der Waals surface area contributed by atoms with E-state index in [1.807, 2.05) is 0 Å². The summed E-state index contributed by atoms with van der Waals surface area (Å²) in [6.07, 6.45) is 30.1. The zero-order valence-electron chi connectivity index (χ0n) is 22.1. The summed E-state index contributed by atoms with van der Waals surface area (Å²) in [6.45, 7) is 12.9. The van der Waals surface area contributed by atoms with Gasteiger partial charge >= 0.3 is 0 Å². The Balaban J connectivity index is 2.14. The maximum Gasteiger partial charge on any atom is 0.259 e. The van der Waals surface area contributed by atoms with Crippen LogP contribution >= 0.6 is 0 Å². The highest BCUT2D eigenvalue weighted by Gasteiger charge is 2.23. The number of hydrogen-bond acceptors (Lipinski definition) is 0. The van der Waals surface area contributed by atoms with Crippen molar-refractivity contribution in [2.45, 2.75) is 169 Å². The summed E-state index contributed by atoms with van der Waals surface area (Å²) in [4.78, 5) is 0. The molecule has 1 rings (SSSR count). The maximum atomic E-state index is 2.56. The molecule has 1 unspecified atom stereocenters. The van der Waals surface area contributed by atoms with Crippen LogP contribution in [-0.2, 0) is 6.54 Å². The third kappa shape index (κ3) is 12.7. The molecule has 0 aliphatic rings. The Hall–Kier alpha value is -0.790. The van der Waals surface area contributed by atoms with E-state index in [1.54, 1.807) is 0 Å². The fourth-order valence-corrected chi connectivity index (χ4v) is 4.95. The summed E-state index contributed by atoms with van der Waals surface area (Å²) in [5.41, 5.74) is 0. The summed E-state index contributed by atoms with van der Waals surface area (Å²) in [7, 11) is 0. The summed E-state index contributed by atoms with van der Waals surface area (Å²) in [6, 6.07) is 0.626. The molecule has 0 saturated carbocycles. The molecular weight excluding hydrogens is 376 g/mol. The van der Waals surface area contributed by atoms with Crippen molar-refractivity contribution in [2.24, 2.45) is 0 Å². The van der Waals surface area contributed by atoms with Crippen LogP contribution in [0.3, 0.4) is 0 Å². The summed E-state index contributed by atoms with van der Waals surface area (Å²) < 4.78 is 5.10. The minimum absolute atomic E-state index is 0.593. The van der Waals surface area contributed by atoms with Gasteiger partial charge in [-0.3, -0.25) is 0 Å². The molecule has 1 heterocycles. The van der Waals surface area contributed by atoms with Crippen LogP contribution in [-0.4, -0.2) is 4.57 Å². The van der Waals surface area contributed by atoms with E-state index < -0.39 is 0 Å². The molecule has 0 radical (unpaired) electrons. The molecule has 182 valence electrons. The lowest BCUT2D eigenvalue weighted by Crippen LogP contribution is -2.38. The first-order valence-corrected chi connectivity index (χ1v) is 14.2. The molecule has 0 aliphatic carbocycles. The van der Waals surface area contributed by atoms with Gasteiger partial charge in [-0.15, -0.1) is 0 Å². The van der Waals surface area contributed by atoms with E-state index in [0.29, 0.717) is 12.0 Å². The number of unbranched alkanes of at least 4 members (excludes halogenated alkanes) is 15. The zero-order valence-corrected chi connectivity index (χ0v) is 22.1. The molecule has 1 aromatic rings. The first-order valence-electron chi connectivity index (χ1n) is 14.2. The minimum atomic E-state index is 0.593. The van der Waals surface area contributed by atoms with Gasteiger partial charge in [-0.2, -0.15) is 0 Å².